The van der Waals surface area contributed by atoms with E-state index in [0.717, 1.165) is 64.0 Å². The molecule has 33 heavy (non-hydrogen) atoms. The molecule has 1 amide bonds. The highest BCUT2D eigenvalue weighted by molar-refractivity contribution is 7.18. The van der Waals surface area contributed by atoms with Gasteiger partial charge in [0, 0.05) is 44.5 Å². The van der Waals surface area contributed by atoms with E-state index in [-0.39, 0.29) is 12.5 Å². The third-order valence-corrected chi connectivity index (χ3v) is 6.91. The zero-order valence-electron chi connectivity index (χ0n) is 19.5. The van der Waals surface area contributed by atoms with Crippen molar-refractivity contribution in [2.75, 3.05) is 51.2 Å². The van der Waals surface area contributed by atoms with Crippen LogP contribution in [0, 0.1) is 20.8 Å². The molecule has 2 aromatic carbocycles. The Bertz CT molecular complexity index is 1090. The van der Waals surface area contributed by atoms with Crippen LogP contribution in [0.2, 0.25) is 0 Å². The van der Waals surface area contributed by atoms with Crippen molar-refractivity contribution in [1.82, 2.24) is 14.8 Å². The molecule has 2 heterocycles. The van der Waals surface area contributed by atoms with E-state index < -0.39 is 6.10 Å². The normalized spacial score (nSPS) is 16.1. The van der Waals surface area contributed by atoms with Gasteiger partial charge in [0.15, 0.2) is 0 Å². The molecule has 1 atom stereocenters. The number of anilines is 1. The number of benzene rings is 2. The molecular weight excluding hydrogens is 436 g/mol. The van der Waals surface area contributed by atoms with Crippen LogP contribution in [0.1, 0.15) is 16.1 Å². The zero-order chi connectivity index (χ0) is 23.4. The fourth-order valence-electron chi connectivity index (χ4n) is 4.18. The van der Waals surface area contributed by atoms with E-state index in [0.29, 0.717) is 13.1 Å². The fourth-order valence-corrected chi connectivity index (χ4v) is 4.99. The van der Waals surface area contributed by atoms with Crippen molar-refractivity contribution in [2.24, 2.45) is 0 Å². The number of ether oxygens (including phenoxy) is 1. The lowest BCUT2D eigenvalue weighted by atomic mass is 10.1. The second kappa shape index (κ2) is 10.6. The highest BCUT2D eigenvalue weighted by atomic mass is 32.1. The van der Waals surface area contributed by atoms with E-state index in [2.05, 4.69) is 20.1 Å². The number of carbonyl (C=O) groups is 1. The van der Waals surface area contributed by atoms with Gasteiger partial charge in [0.1, 0.15) is 18.5 Å². The van der Waals surface area contributed by atoms with Gasteiger partial charge >= 0.3 is 0 Å². The Labute approximate surface area is 199 Å². The first-order chi connectivity index (χ1) is 15.9. The molecule has 4 rings (SSSR count). The third kappa shape index (κ3) is 6.29. The molecule has 7 nitrogen and oxygen atoms in total. The van der Waals surface area contributed by atoms with Crippen molar-refractivity contribution in [3.05, 3.63) is 52.5 Å². The predicted octanol–water partition coefficient (Wildman–Crippen LogP) is 3.22. The number of aromatic nitrogens is 1. The molecular formula is C25H32N4O3S. The first kappa shape index (κ1) is 23.6. The number of amides is 1. The predicted molar refractivity (Wildman–Crippen MR) is 133 cm³/mol. The summed E-state index contributed by atoms with van der Waals surface area (Å²) in [5.41, 5.74) is 3.99. The molecule has 1 fully saturated rings. The number of hydrogen-bond donors (Lipinski definition) is 2. The number of hydrogen-bond acceptors (Lipinski definition) is 7. The van der Waals surface area contributed by atoms with Gasteiger partial charge in [-0.3, -0.25) is 14.6 Å². The number of aliphatic hydroxyl groups is 1. The topological polar surface area (TPSA) is 77.9 Å². The first-order valence-electron chi connectivity index (χ1n) is 11.4. The van der Waals surface area contributed by atoms with Gasteiger partial charge in [-0.1, -0.05) is 18.2 Å². The molecule has 2 N–H and O–H groups in total. The highest BCUT2D eigenvalue weighted by Crippen LogP contribution is 2.25. The summed E-state index contributed by atoms with van der Waals surface area (Å²) in [5.74, 6) is 0.744. The molecule has 0 aliphatic carbocycles. The molecule has 176 valence electrons. The summed E-state index contributed by atoms with van der Waals surface area (Å²) < 4.78 is 6.94. The first-order valence-corrected chi connectivity index (χ1v) is 12.2. The Balaban J connectivity index is 1.18. The second-order valence-electron chi connectivity index (χ2n) is 8.72. The van der Waals surface area contributed by atoms with E-state index in [9.17, 15) is 9.90 Å². The van der Waals surface area contributed by atoms with Gasteiger partial charge in [-0.2, -0.15) is 0 Å². The number of carbonyl (C=O) groups excluding carboxylic acids is 1. The van der Waals surface area contributed by atoms with E-state index in [1.54, 1.807) is 11.3 Å². The van der Waals surface area contributed by atoms with Gasteiger partial charge in [-0.15, -0.1) is 11.3 Å². The minimum absolute atomic E-state index is 0.0153. The smallest absolute Gasteiger partial charge is 0.238 e. The molecule has 3 aromatic rings. The molecule has 8 heteroatoms. The van der Waals surface area contributed by atoms with Gasteiger partial charge in [0.25, 0.3) is 0 Å². The summed E-state index contributed by atoms with van der Waals surface area (Å²) in [6, 6.07) is 11.9. The minimum Gasteiger partial charge on any atom is -0.491 e. The molecule has 1 aliphatic rings. The summed E-state index contributed by atoms with van der Waals surface area (Å²) in [7, 11) is 0. The Morgan fingerprint density at radius 2 is 1.82 bits per heavy atom. The van der Waals surface area contributed by atoms with E-state index in [1.807, 2.05) is 57.2 Å². The summed E-state index contributed by atoms with van der Waals surface area (Å²) >= 11 is 1.66. The van der Waals surface area contributed by atoms with E-state index in [1.165, 1.54) is 0 Å². The number of nitrogens with one attached hydrogen (secondary N) is 1. The van der Waals surface area contributed by atoms with Crippen LogP contribution in [0.5, 0.6) is 5.75 Å². The number of thiazole rings is 1. The Morgan fingerprint density at radius 3 is 2.55 bits per heavy atom. The Kier molecular flexibility index (Phi) is 7.60. The van der Waals surface area contributed by atoms with Gasteiger partial charge in [-0.05, 0) is 44.0 Å². The average Bonchev–Trinajstić information content (AvgIpc) is 3.15. The van der Waals surface area contributed by atoms with Crippen LogP contribution in [-0.4, -0.2) is 77.8 Å². The summed E-state index contributed by atoms with van der Waals surface area (Å²) in [6.45, 7) is 10.4. The van der Waals surface area contributed by atoms with E-state index in [4.69, 9.17) is 4.74 Å². The number of piperazine rings is 1. The van der Waals surface area contributed by atoms with Gasteiger partial charge in [0.2, 0.25) is 5.91 Å². The number of para-hydroxylation sites is 1. The lowest BCUT2D eigenvalue weighted by molar-refractivity contribution is -0.117. The van der Waals surface area contributed by atoms with Crippen molar-refractivity contribution >= 4 is 33.1 Å². The minimum atomic E-state index is -0.572. The van der Waals surface area contributed by atoms with Crippen LogP contribution < -0.4 is 10.1 Å². The maximum absolute atomic E-state index is 12.5. The molecule has 1 saturated heterocycles. The van der Waals surface area contributed by atoms with Crippen molar-refractivity contribution in [2.45, 2.75) is 26.9 Å². The van der Waals surface area contributed by atoms with Crippen molar-refractivity contribution in [1.29, 1.82) is 0 Å². The van der Waals surface area contributed by atoms with Crippen molar-refractivity contribution in [3.63, 3.8) is 0 Å². The molecule has 0 bridgehead atoms. The number of rotatable bonds is 8. The average molecular weight is 469 g/mol. The summed E-state index contributed by atoms with van der Waals surface area (Å²) in [4.78, 5) is 21.4. The lowest BCUT2D eigenvalue weighted by Gasteiger charge is -2.35. The van der Waals surface area contributed by atoms with Crippen LogP contribution in [-0.2, 0) is 4.79 Å². The summed E-state index contributed by atoms with van der Waals surface area (Å²) in [5, 5.41) is 14.5. The molecule has 0 spiro atoms. The number of fused-ring (bicyclic) bond motifs is 1. The second-order valence-corrected chi connectivity index (χ2v) is 9.95. The number of β-amino-alcohol motifs (C(OH)–C–C–N with tert-alkyl or cyclic N) is 1. The number of nitrogens with zero attached hydrogens (tertiary/aromatic N) is 3. The van der Waals surface area contributed by atoms with Crippen LogP contribution in [0.25, 0.3) is 10.2 Å². The van der Waals surface area contributed by atoms with Gasteiger partial charge in [0.05, 0.1) is 21.8 Å². The molecule has 0 radical (unpaired) electrons. The molecule has 0 unspecified atom stereocenters. The maximum atomic E-state index is 12.5. The van der Waals surface area contributed by atoms with Crippen LogP contribution in [0.15, 0.2) is 36.4 Å². The monoisotopic (exact) mass is 468 g/mol. The highest BCUT2D eigenvalue weighted by Gasteiger charge is 2.21. The third-order valence-electron chi connectivity index (χ3n) is 5.95. The zero-order valence-corrected chi connectivity index (χ0v) is 20.3. The molecule has 1 aromatic heterocycles. The standard InChI is InChI=1S/C25H32N4O3S/c1-17-5-4-6-18(2)25(17)27-24(31)15-29-11-9-28(10-12-29)14-20(30)16-32-21-7-8-23-22(13-21)26-19(3)33-23/h4-8,13,20,30H,9-12,14-16H2,1-3H3,(H,27,31)/t20-/m0/s1. The summed E-state index contributed by atoms with van der Waals surface area (Å²) in [6.07, 6.45) is -0.572. The number of aliphatic hydroxyl groups excluding tert-OH is 1. The lowest BCUT2D eigenvalue weighted by Crippen LogP contribution is -2.50. The van der Waals surface area contributed by atoms with Gasteiger partial charge < -0.3 is 15.2 Å². The van der Waals surface area contributed by atoms with Gasteiger partial charge in [-0.25, -0.2) is 4.98 Å². The van der Waals surface area contributed by atoms with Crippen molar-refractivity contribution in [3.8, 4) is 5.75 Å². The largest absolute Gasteiger partial charge is 0.491 e. The Hall–Kier alpha value is -2.52. The van der Waals surface area contributed by atoms with Crippen molar-refractivity contribution < 1.29 is 14.6 Å². The van der Waals surface area contributed by atoms with E-state index >= 15 is 0 Å². The number of aryl methyl sites for hydroxylation is 3. The maximum Gasteiger partial charge on any atom is 0.238 e. The van der Waals surface area contributed by atoms with Crippen LogP contribution >= 0.6 is 11.3 Å². The molecule has 1 aliphatic heterocycles. The SMILES string of the molecule is Cc1nc2cc(OC[C@@H](O)CN3CCN(CC(=O)Nc4c(C)cccc4C)CC3)ccc2s1. The van der Waals surface area contributed by atoms with Crippen LogP contribution in [0.3, 0.4) is 0 Å². The molecule has 0 saturated carbocycles. The quantitative estimate of drug-likeness (QED) is 0.529. The fraction of sp³-hybridized carbons (Fsp3) is 0.440. The van der Waals surface area contributed by atoms with Crippen LogP contribution in [0.4, 0.5) is 5.69 Å². The Morgan fingerprint density at radius 1 is 1.12 bits per heavy atom.